The average Bonchev–Trinajstić information content (AvgIpc) is 3.35. The number of amides is 2. The number of rotatable bonds is 4. The van der Waals surface area contributed by atoms with Crippen molar-refractivity contribution in [3.05, 3.63) is 35.6 Å². The summed E-state index contributed by atoms with van der Waals surface area (Å²) >= 11 is 0. The lowest BCUT2D eigenvalue weighted by Gasteiger charge is -2.32. The molecule has 1 aliphatic heterocycles. The second-order valence-electron chi connectivity index (χ2n) is 6.24. The highest BCUT2D eigenvalue weighted by Gasteiger charge is 2.32. The van der Waals surface area contributed by atoms with Crippen LogP contribution in [0.1, 0.15) is 31.2 Å². The van der Waals surface area contributed by atoms with Crippen molar-refractivity contribution >= 4 is 11.8 Å². The average molecular weight is 304 g/mol. The Morgan fingerprint density at radius 2 is 1.73 bits per heavy atom. The number of nitrogens with zero attached hydrogens (tertiary/aromatic N) is 1. The lowest BCUT2D eigenvalue weighted by molar-refractivity contribution is -0.131. The highest BCUT2D eigenvalue weighted by molar-refractivity contribution is 5.81. The summed E-state index contributed by atoms with van der Waals surface area (Å²) in [6.45, 7) is 1.35. The topological polar surface area (TPSA) is 49.4 Å². The van der Waals surface area contributed by atoms with Crippen LogP contribution in [0.25, 0.3) is 0 Å². The summed E-state index contributed by atoms with van der Waals surface area (Å²) in [6, 6.07) is 6.25. The first-order chi connectivity index (χ1) is 10.6. The normalized spacial score (nSPS) is 19.0. The van der Waals surface area contributed by atoms with Crippen molar-refractivity contribution in [2.24, 2.45) is 5.92 Å². The molecule has 0 aromatic heterocycles. The molecule has 22 heavy (non-hydrogen) atoms. The molecule has 1 saturated carbocycles. The van der Waals surface area contributed by atoms with E-state index >= 15 is 0 Å². The first kappa shape index (κ1) is 15.0. The second-order valence-corrected chi connectivity index (χ2v) is 6.24. The maximum atomic E-state index is 12.9. The summed E-state index contributed by atoms with van der Waals surface area (Å²) in [5, 5.41) is 3.08. The summed E-state index contributed by atoms with van der Waals surface area (Å²) in [7, 11) is 0. The fourth-order valence-electron chi connectivity index (χ4n) is 2.83. The van der Waals surface area contributed by atoms with Gasteiger partial charge in [0.25, 0.3) is 0 Å². The van der Waals surface area contributed by atoms with Crippen LogP contribution in [0.15, 0.2) is 24.3 Å². The number of halogens is 1. The smallest absolute Gasteiger partial charge is 0.226 e. The Hall–Kier alpha value is -1.91. The van der Waals surface area contributed by atoms with Crippen molar-refractivity contribution in [1.82, 2.24) is 10.2 Å². The summed E-state index contributed by atoms with van der Waals surface area (Å²) in [4.78, 5) is 25.8. The molecule has 1 N–H and O–H groups in total. The van der Waals surface area contributed by atoms with Crippen molar-refractivity contribution in [2.75, 3.05) is 13.1 Å². The number of likely N-dealkylation sites (tertiary alicyclic amines) is 1. The first-order valence-corrected chi connectivity index (χ1v) is 7.94. The second kappa shape index (κ2) is 6.46. The van der Waals surface area contributed by atoms with Crippen LogP contribution in [-0.4, -0.2) is 35.8 Å². The van der Waals surface area contributed by atoms with Gasteiger partial charge in [0.15, 0.2) is 0 Å². The molecule has 118 valence electrons. The molecule has 0 spiro atoms. The van der Waals surface area contributed by atoms with Gasteiger partial charge in [0.05, 0.1) is 6.42 Å². The Bertz CT molecular complexity index is 546. The van der Waals surface area contributed by atoms with E-state index in [1.807, 2.05) is 4.90 Å². The first-order valence-electron chi connectivity index (χ1n) is 7.94. The molecular formula is C17H21FN2O2. The Morgan fingerprint density at radius 1 is 1.09 bits per heavy atom. The predicted octanol–water partition coefficient (Wildman–Crippen LogP) is 1.89. The van der Waals surface area contributed by atoms with Gasteiger partial charge in [-0.3, -0.25) is 9.59 Å². The van der Waals surface area contributed by atoms with Crippen LogP contribution in [0.2, 0.25) is 0 Å². The molecule has 1 heterocycles. The quantitative estimate of drug-likeness (QED) is 0.923. The fraction of sp³-hybridized carbons (Fsp3) is 0.529. The van der Waals surface area contributed by atoms with E-state index in [-0.39, 0.29) is 29.6 Å². The third kappa shape index (κ3) is 3.84. The van der Waals surface area contributed by atoms with Crippen molar-refractivity contribution in [3.8, 4) is 0 Å². The van der Waals surface area contributed by atoms with Gasteiger partial charge in [0.2, 0.25) is 11.8 Å². The highest BCUT2D eigenvalue weighted by Crippen LogP contribution is 2.29. The predicted molar refractivity (Wildman–Crippen MR) is 80.6 cm³/mol. The van der Waals surface area contributed by atoms with E-state index in [0.717, 1.165) is 31.2 Å². The fourth-order valence-corrected chi connectivity index (χ4v) is 2.83. The Morgan fingerprint density at radius 3 is 2.32 bits per heavy atom. The number of carbonyl (C=O) groups is 2. The van der Waals surface area contributed by atoms with E-state index in [1.165, 1.54) is 12.1 Å². The molecule has 0 bridgehead atoms. The molecule has 0 unspecified atom stereocenters. The zero-order valence-corrected chi connectivity index (χ0v) is 12.6. The Labute approximate surface area is 129 Å². The molecule has 1 aliphatic carbocycles. The van der Waals surface area contributed by atoms with Gasteiger partial charge in [-0.15, -0.1) is 0 Å². The molecule has 1 aromatic carbocycles. The van der Waals surface area contributed by atoms with Crippen LogP contribution >= 0.6 is 0 Å². The maximum absolute atomic E-state index is 12.9. The van der Waals surface area contributed by atoms with E-state index in [1.54, 1.807) is 12.1 Å². The zero-order valence-electron chi connectivity index (χ0n) is 12.6. The third-order valence-corrected chi connectivity index (χ3v) is 4.41. The summed E-state index contributed by atoms with van der Waals surface area (Å²) in [6.07, 6.45) is 3.96. The van der Waals surface area contributed by atoms with E-state index in [4.69, 9.17) is 0 Å². The number of nitrogens with one attached hydrogen (secondary N) is 1. The van der Waals surface area contributed by atoms with Crippen LogP contribution < -0.4 is 5.32 Å². The largest absolute Gasteiger partial charge is 0.353 e. The molecule has 0 radical (unpaired) electrons. The van der Waals surface area contributed by atoms with Gasteiger partial charge in [-0.2, -0.15) is 0 Å². The minimum absolute atomic E-state index is 0.0681. The SMILES string of the molecule is O=C(NC1CCN(C(=O)Cc2ccc(F)cc2)CC1)C1CC1. The lowest BCUT2D eigenvalue weighted by Crippen LogP contribution is -2.47. The van der Waals surface area contributed by atoms with Crippen LogP contribution in [0.4, 0.5) is 4.39 Å². The van der Waals surface area contributed by atoms with E-state index in [9.17, 15) is 14.0 Å². The van der Waals surface area contributed by atoms with Crippen LogP contribution in [0, 0.1) is 11.7 Å². The molecule has 2 amide bonds. The van der Waals surface area contributed by atoms with Gasteiger partial charge >= 0.3 is 0 Å². The molecular weight excluding hydrogens is 283 g/mol. The number of carbonyl (C=O) groups excluding carboxylic acids is 2. The molecule has 2 aliphatic rings. The maximum Gasteiger partial charge on any atom is 0.226 e. The van der Waals surface area contributed by atoms with Gasteiger partial charge in [-0.25, -0.2) is 4.39 Å². The van der Waals surface area contributed by atoms with Crippen molar-refractivity contribution in [1.29, 1.82) is 0 Å². The third-order valence-electron chi connectivity index (χ3n) is 4.41. The molecule has 0 atom stereocenters. The monoisotopic (exact) mass is 304 g/mol. The van der Waals surface area contributed by atoms with Crippen molar-refractivity contribution in [2.45, 2.75) is 38.1 Å². The number of hydrogen-bond acceptors (Lipinski definition) is 2. The molecule has 1 aromatic rings. The zero-order chi connectivity index (χ0) is 15.5. The molecule has 1 saturated heterocycles. The van der Waals surface area contributed by atoms with Gasteiger partial charge in [-0.05, 0) is 43.4 Å². The Balaban J connectivity index is 1.45. The van der Waals surface area contributed by atoms with Gasteiger partial charge in [0, 0.05) is 25.0 Å². The summed E-state index contributed by atoms with van der Waals surface area (Å²) in [5.74, 6) is 0.191. The number of hydrogen-bond donors (Lipinski definition) is 1. The molecule has 5 heteroatoms. The van der Waals surface area contributed by atoms with E-state index < -0.39 is 0 Å². The number of benzene rings is 1. The summed E-state index contributed by atoms with van der Waals surface area (Å²) in [5.41, 5.74) is 0.829. The minimum atomic E-state index is -0.289. The minimum Gasteiger partial charge on any atom is -0.353 e. The number of piperidine rings is 1. The molecule has 2 fully saturated rings. The van der Waals surface area contributed by atoms with Crippen LogP contribution in [0.3, 0.4) is 0 Å². The lowest BCUT2D eigenvalue weighted by atomic mass is 10.0. The highest BCUT2D eigenvalue weighted by atomic mass is 19.1. The van der Waals surface area contributed by atoms with Gasteiger partial charge in [0.1, 0.15) is 5.82 Å². The standard InChI is InChI=1S/C17H21FN2O2/c18-14-5-1-12(2-6-14)11-16(21)20-9-7-15(8-10-20)19-17(22)13-3-4-13/h1-2,5-6,13,15H,3-4,7-11H2,(H,19,22). The molecule has 3 rings (SSSR count). The van der Waals surface area contributed by atoms with E-state index in [0.29, 0.717) is 19.5 Å². The van der Waals surface area contributed by atoms with Crippen LogP contribution in [-0.2, 0) is 16.0 Å². The Kier molecular flexibility index (Phi) is 4.41. The van der Waals surface area contributed by atoms with Gasteiger partial charge < -0.3 is 10.2 Å². The van der Waals surface area contributed by atoms with Crippen molar-refractivity contribution in [3.63, 3.8) is 0 Å². The molecule has 4 nitrogen and oxygen atoms in total. The van der Waals surface area contributed by atoms with Gasteiger partial charge in [-0.1, -0.05) is 12.1 Å². The summed E-state index contributed by atoms with van der Waals surface area (Å²) < 4.78 is 12.9. The van der Waals surface area contributed by atoms with E-state index in [2.05, 4.69) is 5.32 Å². The van der Waals surface area contributed by atoms with Crippen molar-refractivity contribution < 1.29 is 14.0 Å². The van der Waals surface area contributed by atoms with Crippen LogP contribution in [0.5, 0.6) is 0 Å².